The number of carbonyl (C=O) groups is 1. The summed E-state index contributed by atoms with van der Waals surface area (Å²) in [4.78, 5) is 11.4. The Labute approximate surface area is 174 Å². The van der Waals surface area contributed by atoms with Gasteiger partial charge in [0.1, 0.15) is 6.10 Å². The van der Waals surface area contributed by atoms with Gasteiger partial charge in [-0.1, -0.05) is 49.2 Å². The van der Waals surface area contributed by atoms with Gasteiger partial charge in [0.25, 0.3) is 0 Å². The first-order valence-corrected chi connectivity index (χ1v) is 10.9. The van der Waals surface area contributed by atoms with Crippen molar-refractivity contribution >= 4 is 5.97 Å². The van der Waals surface area contributed by atoms with Crippen molar-refractivity contribution in [3.63, 3.8) is 0 Å². The van der Waals surface area contributed by atoms with Crippen LogP contribution in [0, 0.1) is 18.3 Å². The molecule has 0 aliphatic heterocycles. The van der Waals surface area contributed by atoms with Crippen LogP contribution in [-0.2, 0) is 16.0 Å². The fourth-order valence-electron chi connectivity index (χ4n) is 4.84. The van der Waals surface area contributed by atoms with Gasteiger partial charge < -0.3 is 4.74 Å². The molecule has 2 heteroatoms. The zero-order chi connectivity index (χ0) is 20.4. The van der Waals surface area contributed by atoms with E-state index in [-0.39, 0.29) is 12.1 Å². The molecule has 2 nitrogen and oxygen atoms in total. The molecule has 0 aromatic heterocycles. The first kappa shape index (κ1) is 19.8. The summed E-state index contributed by atoms with van der Waals surface area (Å²) in [5.41, 5.74) is 6.27. The van der Waals surface area contributed by atoms with Crippen LogP contribution in [0.1, 0.15) is 85.6 Å². The Kier molecular flexibility index (Phi) is 5.76. The minimum atomic E-state index is -0.180. The summed E-state index contributed by atoms with van der Waals surface area (Å²) in [5, 5.41) is 0. The Hall–Kier alpha value is -2.53. The smallest absolute Gasteiger partial charge is 0.302 e. The zero-order valence-corrected chi connectivity index (χ0v) is 17.5. The molecular weight excluding hydrogens is 356 g/mol. The molecule has 2 fully saturated rings. The van der Waals surface area contributed by atoms with E-state index in [2.05, 4.69) is 55.3 Å². The number of carbonyl (C=O) groups excluding carboxylic acids is 1. The van der Waals surface area contributed by atoms with Crippen LogP contribution in [0.25, 0.3) is 0 Å². The van der Waals surface area contributed by atoms with E-state index in [4.69, 9.17) is 11.2 Å². The van der Waals surface area contributed by atoms with E-state index in [9.17, 15) is 4.79 Å². The van der Waals surface area contributed by atoms with E-state index in [0.29, 0.717) is 11.8 Å². The summed E-state index contributed by atoms with van der Waals surface area (Å²) in [6.45, 7) is 3.75. The van der Waals surface area contributed by atoms with Crippen LogP contribution in [0.3, 0.4) is 0 Å². The van der Waals surface area contributed by atoms with Gasteiger partial charge in [0, 0.05) is 12.5 Å². The lowest BCUT2D eigenvalue weighted by Gasteiger charge is -2.33. The third-order valence-corrected chi connectivity index (χ3v) is 6.41. The molecule has 2 saturated carbocycles. The lowest BCUT2D eigenvalue weighted by atomic mass is 9.76. The van der Waals surface area contributed by atoms with Crippen molar-refractivity contribution in [1.82, 2.24) is 0 Å². The highest BCUT2D eigenvalue weighted by atomic mass is 16.5. The monoisotopic (exact) mass is 386 g/mol. The number of terminal acetylenes is 1. The molecule has 2 aromatic carbocycles. The first-order chi connectivity index (χ1) is 14.0. The van der Waals surface area contributed by atoms with Crippen molar-refractivity contribution in [3.05, 3.63) is 70.3 Å². The van der Waals surface area contributed by atoms with Gasteiger partial charge in [0.05, 0.1) is 0 Å². The van der Waals surface area contributed by atoms with Gasteiger partial charge in [-0.25, -0.2) is 0 Å². The zero-order valence-electron chi connectivity index (χ0n) is 17.5. The summed E-state index contributed by atoms with van der Waals surface area (Å²) < 4.78 is 5.55. The number of hydrogen-bond donors (Lipinski definition) is 0. The van der Waals surface area contributed by atoms with E-state index in [0.717, 1.165) is 37.2 Å². The molecule has 29 heavy (non-hydrogen) atoms. The summed E-state index contributed by atoms with van der Waals surface area (Å²) in [6.07, 6.45) is 12.3. The molecule has 2 aromatic rings. The Morgan fingerprint density at radius 1 is 1.03 bits per heavy atom. The number of benzene rings is 2. The molecule has 3 atom stereocenters. The second kappa shape index (κ2) is 8.46. The molecule has 0 amide bonds. The van der Waals surface area contributed by atoms with Crippen molar-refractivity contribution in [2.75, 3.05) is 0 Å². The maximum Gasteiger partial charge on any atom is 0.302 e. The van der Waals surface area contributed by atoms with Crippen molar-refractivity contribution < 1.29 is 9.53 Å². The molecule has 0 bridgehead atoms. The lowest BCUT2D eigenvalue weighted by molar-refractivity contribution is -0.148. The highest BCUT2D eigenvalue weighted by molar-refractivity contribution is 5.66. The fourth-order valence-corrected chi connectivity index (χ4v) is 4.84. The number of hydrogen-bond acceptors (Lipinski definition) is 2. The van der Waals surface area contributed by atoms with Gasteiger partial charge >= 0.3 is 5.97 Å². The second-order valence-electron chi connectivity index (χ2n) is 8.99. The van der Waals surface area contributed by atoms with Crippen LogP contribution in [0.2, 0.25) is 0 Å². The van der Waals surface area contributed by atoms with Crippen molar-refractivity contribution in [2.45, 2.75) is 70.3 Å². The molecular formula is C27H30O2. The first-order valence-electron chi connectivity index (χ1n) is 10.9. The third kappa shape index (κ3) is 4.91. The Balaban J connectivity index is 1.54. The van der Waals surface area contributed by atoms with Gasteiger partial charge in [-0.2, -0.15) is 0 Å². The molecule has 2 aliphatic carbocycles. The Morgan fingerprint density at radius 3 is 2.41 bits per heavy atom. The predicted octanol–water partition coefficient (Wildman–Crippen LogP) is 5.97. The Bertz CT molecular complexity index is 915. The lowest BCUT2D eigenvalue weighted by Crippen LogP contribution is -2.28. The number of esters is 1. The third-order valence-electron chi connectivity index (χ3n) is 6.41. The quantitative estimate of drug-likeness (QED) is 0.467. The van der Waals surface area contributed by atoms with Crippen molar-refractivity contribution in [2.24, 2.45) is 5.92 Å². The maximum absolute atomic E-state index is 11.4. The molecule has 0 N–H and O–H groups in total. The van der Waals surface area contributed by atoms with Crippen molar-refractivity contribution in [3.8, 4) is 12.3 Å². The number of rotatable bonds is 5. The SMILES string of the molecule is C#Cc1ccc(C2CC(C)CC(OC(C)=O)C2)cc1Cc1ccc(C2CC2)cc1. The van der Waals surface area contributed by atoms with E-state index in [1.165, 1.54) is 42.0 Å². The highest BCUT2D eigenvalue weighted by Gasteiger charge is 2.29. The largest absolute Gasteiger partial charge is 0.463 e. The molecule has 150 valence electrons. The average molecular weight is 387 g/mol. The maximum atomic E-state index is 11.4. The Morgan fingerprint density at radius 2 is 1.76 bits per heavy atom. The van der Waals surface area contributed by atoms with Crippen LogP contribution >= 0.6 is 0 Å². The van der Waals surface area contributed by atoms with E-state index >= 15 is 0 Å². The number of ether oxygens (including phenoxy) is 1. The average Bonchev–Trinajstić information content (AvgIpc) is 3.53. The van der Waals surface area contributed by atoms with Crippen LogP contribution < -0.4 is 0 Å². The second-order valence-corrected chi connectivity index (χ2v) is 8.99. The van der Waals surface area contributed by atoms with Gasteiger partial charge in [-0.05, 0) is 84.6 Å². The van der Waals surface area contributed by atoms with Gasteiger partial charge in [0.15, 0.2) is 0 Å². The van der Waals surface area contributed by atoms with E-state index in [1.807, 2.05) is 0 Å². The van der Waals surface area contributed by atoms with Gasteiger partial charge in [-0.3, -0.25) is 4.79 Å². The summed E-state index contributed by atoms with van der Waals surface area (Å²) in [7, 11) is 0. The molecule has 0 saturated heterocycles. The topological polar surface area (TPSA) is 26.3 Å². The fraction of sp³-hybridized carbons (Fsp3) is 0.444. The standard InChI is InChI=1S/C27H30O2/c1-4-21-9-12-24(25-13-18(2)14-27(17-25)29-19(3)28)16-26(21)15-20-5-7-22(8-6-20)23-10-11-23/h1,5-9,12,16,18,23,25,27H,10-11,13-15,17H2,2-3H3. The minimum absolute atomic E-state index is 0.0204. The highest BCUT2D eigenvalue weighted by Crippen LogP contribution is 2.40. The van der Waals surface area contributed by atoms with Crippen LogP contribution in [0.4, 0.5) is 0 Å². The summed E-state index contributed by atoms with van der Waals surface area (Å²) >= 11 is 0. The van der Waals surface area contributed by atoms with Crippen molar-refractivity contribution in [1.29, 1.82) is 0 Å². The summed E-state index contributed by atoms with van der Waals surface area (Å²) in [5.74, 6) is 4.42. The minimum Gasteiger partial charge on any atom is -0.463 e. The van der Waals surface area contributed by atoms with Crippen LogP contribution in [0.5, 0.6) is 0 Å². The van der Waals surface area contributed by atoms with E-state index < -0.39 is 0 Å². The molecule has 0 spiro atoms. The molecule has 3 unspecified atom stereocenters. The van der Waals surface area contributed by atoms with Gasteiger partial charge in [-0.15, -0.1) is 6.42 Å². The van der Waals surface area contributed by atoms with E-state index in [1.54, 1.807) is 0 Å². The molecule has 0 radical (unpaired) electrons. The molecule has 0 heterocycles. The summed E-state index contributed by atoms with van der Waals surface area (Å²) in [6, 6.07) is 15.6. The predicted molar refractivity (Wildman–Crippen MR) is 117 cm³/mol. The van der Waals surface area contributed by atoms with Crippen LogP contribution in [-0.4, -0.2) is 12.1 Å². The molecule has 4 rings (SSSR count). The van der Waals surface area contributed by atoms with Crippen LogP contribution in [0.15, 0.2) is 42.5 Å². The normalized spacial score (nSPS) is 24.0. The molecule has 2 aliphatic rings. The van der Waals surface area contributed by atoms with Gasteiger partial charge in [0.2, 0.25) is 0 Å².